The lowest BCUT2D eigenvalue weighted by Crippen LogP contribution is -2.24. The van der Waals surface area contributed by atoms with Crippen molar-refractivity contribution in [3.63, 3.8) is 0 Å². The first-order chi connectivity index (χ1) is 10.9. The van der Waals surface area contributed by atoms with E-state index in [0.29, 0.717) is 16.8 Å². The lowest BCUT2D eigenvalue weighted by atomic mass is 10.0. The lowest BCUT2D eigenvalue weighted by Gasteiger charge is -2.08. The Hall–Kier alpha value is -2.95. The van der Waals surface area contributed by atoms with E-state index in [1.54, 1.807) is 6.07 Å². The Morgan fingerprint density at radius 3 is 2.30 bits per heavy atom. The summed E-state index contributed by atoms with van der Waals surface area (Å²) in [6.07, 6.45) is 0. The normalized spacial score (nSPS) is 13.3. The van der Waals surface area contributed by atoms with Gasteiger partial charge in [-0.2, -0.15) is 0 Å². The van der Waals surface area contributed by atoms with Crippen molar-refractivity contribution in [2.24, 2.45) is 0 Å². The smallest absolute Gasteiger partial charge is 0.261 e. The Kier molecular flexibility index (Phi) is 3.48. The third-order valence-corrected chi connectivity index (χ3v) is 4.12. The summed E-state index contributed by atoms with van der Waals surface area (Å²) < 4.78 is 0. The highest BCUT2D eigenvalue weighted by atomic mass is 16.2. The van der Waals surface area contributed by atoms with E-state index in [2.05, 4.69) is 5.32 Å². The van der Waals surface area contributed by atoms with Crippen LogP contribution in [0.1, 0.15) is 42.2 Å². The molecule has 0 bridgehead atoms. The summed E-state index contributed by atoms with van der Waals surface area (Å²) in [7, 11) is 1.43. The predicted molar refractivity (Wildman–Crippen MR) is 86.7 cm³/mol. The minimum absolute atomic E-state index is 0.269. The van der Waals surface area contributed by atoms with Crippen LogP contribution < -0.4 is 5.32 Å². The second kappa shape index (κ2) is 5.35. The molecule has 2 aromatic rings. The number of aryl methyl sites for hydroxylation is 2. The number of carbonyl (C=O) groups is 3. The van der Waals surface area contributed by atoms with Crippen molar-refractivity contribution in [2.45, 2.75) is 13.8 Å². The highest BCUT2D eigenvalue weighted by molar-refractivity contribution is 6.22. The predicted octanol–water partition coefficient (Wildman–Crippen LogP) is 2.78. The zero-order valence-corrected chi connectivity index (χ0v) is 13.1. The van der Waals surface area contributed by atoms with Crippen LogP contribution in [-0.4, -0.2) is 29.7 Å². The Bertz CT molecular complexity index is 855. The molecule has 1 aliphatic rings. The second-order valence-corrected chi connectivity index (χ2v) is 5.68. The van der Waals surface area contributed by atoms with Gasteiger partial charge in [-0.1, -0.05) is 6.07 Å². The molecule has 0 saturated carbocycles. The van der Waals surface area contributed by atoms with Gasteiger partial charge in [0, 0.05) is 18.3 Å². The molecule has 0 saturated heterocycles. The Labute approximate surface area is 133 Å². The maximum atomic E-state index is 12.4. The van der Waals surface area contributed by atoms with E-state index in [-0.39, 0.29) is 23.3 Å². The number of hydrogen-bond donors (Lipinski definition) is 1. The van der Waals surface area contributed by atoms with Crippen LogP contribution in [0, 0.1) is 13.8 Å². The third-order valence-electron chi connectivity index (χ3n) is 4.12. The molecule has 0 atom stereocenters. The molecule has 5 heteroatoms. The number of anilines is 1. The van der Waals surface area contributed by atoms with Crippen LogP contribution in [0.15, 0.2) is 36.4 Å². The number of nitrogens with zero attached hydrogens (tertiary/aromatic N) is 1. The van der Waals surface area contributed by atoms with Gasteiger partial charge in [0.1, 0.15) is 0 Å². The molecule has 0 aliphatic carbocycles. The number of nitrogens with one attached hydrogen (secondary N) is 1. The molecular weight excluding hydrogens is 292 g/mol. The van der Waals surface area contributed by atoms with Gasteiger partial charge in [0.25, 0.3) is 17.7 Å². The number of hydrogen-bond acceptors (Lipinski definition) is 3. The van der Waals surface area contributed by atoms with Crippen LogP contribution >= 0.6 is 0 Å². The standard InChI is InChI=1S/C18H16N2O3/c1-10-4-6-13(8-11(10)2)19-16(21)12-5-7-14-15(9-12)18(23)20(3)17(14)22/h4-9H,1-3H3,(H,19,21). The molecule has 0 radical (unpaired) electrons. The third kappa shape index (κ3) is 2.50. The molecule has 0 spiro atoms. The topological polar surface area (TPSA) is 66.5 Å². The quantitative estimate of drug-likeness (QED) is 0.868. The summed E-state index contributed by atoms with van der Waals surface area (Å²) in [4.78, 5) is 37.3. The molecule has 116 valence electrons. The fourth-order valence-electron chi connectivity index (χ4n) is 2.52. The maximum Gasteiger partial charge on any atom is 0.261 e. The van der Waals surface area contributed by atoms with Gasteiger partial charge >= 0.3 is 0 Å². The summed E-state index contributed by atoms with van der Waals surface area (Å²) in [5.41, 5.74) is 3.87. The zero-order chi connectivity index (χ0) is 16.7. The van der Waals surface area contributed by atoms with Crippen LogP contribution in [0.4, 0.5) is 5.69 Å². The number of carbonyl (C=O) groups excluding carboxylic acids is 3. The minimum atomic E-state index is -0.383. The molecule has 1 N–H and O–H groups in total. The van der Waals surface area contributed by atoms with Gasteiger partial charge in [0.05, 0.1) is 11.1 Å². The number of rotatable bonds is 2. The van der Waals surface area contributed by atoms with Crippen molar-refractivity contribution < 1.29 is 14.4 Å². The summed E-state index contributed by atoms with van der Waals surface area (Å²) in [6, 6.07) is 10.2. The summed E-state index contributed by atoms with van der Waals surface area (Å²) >= 11 is 0. The van der Waals surface area contributed by atoms with Crippen molar-refractivity contribution in [1.29, 1.82) is 0 Å². The summed E-state index contributed by atoms with van der Waals surface area (Å²) in [6.45, 7) is 3.97. The molecular formula is C18H16N2O3. The van der Waals surface area contributed by atoms with E-state index >= 15 is 0 Å². The Balaban J connectivity index is 1.88. The van der Waals surface area contributed by atoms with Crippen LogP contribution in [0.25, 0.3) is 0 Å². The summed E-state index contributed by atoms with van der Waals surface area (Å²) in [5.74, 6) is -1.04. The van der Waals surface area contributed by atoms with Gasteiger partial charge in [-0.25, -0.2) is 0 Å². The van der Waals surface area contributed by atoms with Crippen LogP contribution in [-0.2, 0) is 0 Å². The van der Waals surface area contributed by atoms with E-state index < -0.39 is 0 Å². The SMILES string of the molecule is Cc1ccc(NC(=O)c2ccc3c(c2)C(=O)N(C)C3=O)cc1C. The number of amides is 3. The Morgan fingerprint density at radius 1 is 0.913 bits per heavy atom. The average molecular weight is 308 g/mol. The van der Waals surface area contributed by atoms with Gasteiger partial charge < -0.3 is 5.32 Å². The van der Waals surface area contributed by atoms with E-state index in [1.165, 1.54) is 19.2 Å². The second-order valence-electron chi connectivity index (χ2n) is 5.68. The van der Waals surface area contributed by atoms with Gasteiger partial charge in [-0.15, -0.1) is 0 Å². The zero-order valence-electron chi connectivity index (χ0n) is 13.1. The highest BCUT2D eigenvalue weighted by Crippen LogP contribution is 2.23. The lowest BCUT2D eigenvalue weighted by molar-refractivity contribution is 0.0693. The highest BCUT2D eigenvalue weighted by Gasteiger charge is 2.33. The van der Waals surface area contributed by atoms with Crippen molar-refractivity contribution in [3.8, 4) is 0 Å². The molecule has 0 aromatic heterocycles. The molecule has 3 rings (SSSR count). The molecule has 1 heterocycles. The van der Waals surface area contributed by atoms with E-state index in [1.807, 2.05) is 32.0 Å². The molecule has 3 amide bonds. The first-order valence-electron chi connectivity index (χ1n) is 7.23. The van der Waals surface area contributed by atoms with Crippen molar-refractivity contribution in [1.82, 2.24) is 4.90 Å². The van der Waals surface area contributed by atoms with Crippen molar-refractivity contribution in [2.75, 3.05) is 12.4 Å². The Morgan fingerprint density at radius 2 is 1.61 bits per heavy atom. The van der Waals surface area contributed by atoms with Gasteiger partial charge in [-0.05, 0) is 55.3 Å². The molecule has 2 aromatic carbocycles. The largest absolute Gasteiger partial charge is 0.322 e. The van der Waals surface area contributed by atoms with Crippen LogP contribution in [0.5, 0.6) is 0 Å². The van der Waals surface area contributed by atoms with Gasteiger partial charge in [0.2, 0.25) is 0 Å². The minimum Gasteiger partial charge on any atom is -0.322 e. The monoisotopic (exact) mass is 308 g/mol. The molecule has 0 unspecified atom stereocenters. The summed E-state index contributed by atoms with van der Waals surface area (Å²) in [5, 5.41) is 2.81. The first kappa shape index (κ1) is 15.0. The van der Waals surface area contributed by atoms with Crippen molar-refractivity contribution >= 4 is 23.4 Å². The number of benzene rings is 2. The van der Waals surface area contributed by atoms with Crippen LogP contribution in [0.3, 0.4) is 0 Å². The molecule has 0 fully saturated rings. The first-order valence-corrected chi connectivity index (χ1v) is 7.23. The fraction of sp³-hybridized carbons (Fsp3) is 0.167. The van der Waals surface area contributed by atoms with E-state index in [4.69, 9.17) is 0 Å². The average Bonchev–Trinajstić information content (AvgIpc) is 2.75. The van der Waals surface area contributed by atoms with E-state index in [0.717, 1.165) is 16.0 Å². The van der Waals surface area contributed by atoms with Gasteiger partial charge in [0.15, 0.2) is 0 Å². The molecule has 23 heavy (non-hydrogen) atoms. The van der Waals surface area contributed by atoms with E-state index in [9.17, 15) is 14.4 Å². The molecule has 5 nitrogen and oxygen atoms in total. The fourth-order valence-corrected chi connectivity index (χ4v) is 2.52. The number of imide groups is 1. The maximum absolute atomic E-state index is 12.4. The van der Waals surface area contributed by atoms with Crippen LogP contribution in [0.2, 0.25) is 0 Å². The molecule has 1 aliphatic heterocycles. The van der Waals surface area contributed by atoms with Crippen molar-refractivity contribution in [3.05, 3.63) is 64.2 Å². The van der Waals surface area contributed by atoms with Gasteiger partial charge in [-0.3, -0.25) is 19.3 Å². The number of fused-ring (bicyclic) bond motifs is 1.